The van der Waals surface area contributed by atoms with Crippen molar-refractivity contribution in [2.75, 3.05) is 0 Å². The van der Waals surface area contributed by atoms with Crippen molar-refractivity contribution < 1.29 is 21.9 Å². The highest BCUT2D eigenvalue weighted by atomic mass is 32.3. The van der Waals surface area contributed by atoms with Gasteiger partial charge in [-0.3, -0.25) is 9.35 Å². The normalized spacial score (nSPS) is 31.5. The highest BCUT2D eigenvalue weighted by molar-refractivity contribution is 7.80. The maximum absolute atomic E-state index is 12.3. The molecule has 1 aromatic carbocycles. The lowest BCUT2D eigenvalue weighted by atomic mass is 9.66. The van der Waals surface area contributed by atoms with Gasteiger partial charge in [0, 0.05) is 11.8 Å². The molecule has 0 radical (unpaired) electrons. The standard InChI is InChI=1S/C18H20O5S/c1-18-9-8-14-13-5-3-12(23-24(20,21)22)10-11(13)2-4-15(14)16(18)6-7-17(18)19/h2,4-5,10,12,16H,3,6-9H2,1H3,(H,20,21,22)/t12?,16-,18-/m0/s1. The number of Topliss-reactive ketones (excluding diaryl/α,β-unsaturated/α-hetero) is 1. The minimum absolute atomic E-state index is 0.226. The maximum atomic E-state index is 12.3. The van der Waals surface area contributed by atoms with Gasteiger partial charge in [-0.25, -0.2) is 4.18 Å². The number of hydrogen-bond acceptors (Lipinski definition) is 4. The Labute approximate surface area is 141 Å². The van der Waals surface area contributed by atoms with Gasteiger partial charge >= 0.3 is 10.4 Å². The number of benzene rings is 1. The summed E-state index contributed by atoms with van der Waals surface area (Å²) in [6.45, 7) is 2.10. The topological polar surface area (TPSA) is 80.7 Å². The highest BCUT2D eigenvalue weighted by Gasteiger charge is 2.49. The third-order valence-corrected chi connectivity index (χ3v) is 6.42. The van der Waals surface area contributed by atoms with Crippen LogP contribution in [0.4, 0.5) is 0 Å². The van der Waals surface area contributed by atoms with E-state index in [-0.39, 0.29) is 5.41 Å². The van der Waals surface area contributed by atoms with Crippen LogP contribution >= 0.6 is 0 Å². The second-order valence-electron chi connectivity index (χ2n) is 7.24. The zero-order valence-electron chi connectivity index (χ0n) is 13.5. The van der Waals surface area contributed by atoms with Crippen molar-refractivity contribution in [1.82, 2.24) is 0 Å². The van der Waals surface area contributed by atoms with Crippen LogP contribution in [0.15, 0.2) is 12.1 Å². The SMILES string of the molecule is C[C@]12CCc3c(ccc4c3=CCC(OS(=O)(=O)O)C=4)[C@@H]1CCC2=O. The van der Waals surface area contributed by atoms with E-state index in [9.17, 15) is 13.2 Å². The molecule has 3 aliphatic carbocycles. The lowest BCUT2D eigenvalue weighted by Gasteiger charge is -2.37. The third kappa shape index (κ3) is 2.44. The van der Waals surface area contributed by atoms with Gasteiger partial charge in [0.25, 0.3) is 0 Å². The molecule has 0 aromatic heterocycles. The van der Waals surface area contributed by atoms with Gasteiger partial charge in [-0.1, -0.05) is 25.1 Å². The summed E-state index contributed by atoms with van der Waals surface area (Å²) in [5.41, 5.74) is 2.33. The fraction of sp³-hybridized carbons (Fsp3) is 0.500. The molecule has 0 heterocycles. The summed E-state index contributed by atoms with van der Waals surface area (Å²) < 4.78 is 35.3. The van der Waals surface area contributed by atoms with E-state index in [1.54, 1.807) is 6.08 Å². The second kappa shape index (κ2) is 5.25. The zero-order chi connectivity index (χ0) is 17.1. The van der Waals surface area contributed by atoms with E-state index >= 15 is 0 Å². The Morgan fingerprint density at radius 3 is 2.83 bits per heavy atom. The van der Waals surface area contributed by atoms with E-state index < -0.39 is 16.5 Å². The van der Waals surface area contributed by atoms with E-state index in [4.69, 9.17) is 4.55 Å². The first kappa shape index (κ1) is 16.0. The summed E-state index contributed by atoms with van der Waals surface area (Å²) >= 11 is 0. The van der Waals surface area contributed by atoms with Crippen LogP contribution in [0.25, 0.3) is 12.2 Å². The molecule has 1 unspecified atom stereocenters. The number of carbonyl (C=O) groups excluding carboxylic acids is 1. The fourth-order valence-corrected chi connectivity index (χ4v) is 5.13. The number of rotatable bonds is 2. The zero-order valence-corrected chi connectivity index (χ0v) is 14.3. The molecule has 5 nitrogen and oxygen atoms in total. The van der Waals surface area contributed by atoms with Gasteiger partial charge in [-0.15, -0.1) is 0 Å². The minimum Gasteiger partial charge on any atom is -0.299 e. The molecule has 4 rings (SSSR count). The molecule has 0 saturated heterocycles. The molecule has 3 atom stereocenters. The molecule has 6 heteroatoms. The van der Waals surface area contributed by atoms with Gasteiger partial charge in [0.1, 0.15) is 11.9 Å². The second-order valence-corrected chi connectivity index (χ2v) is 8.28. The monoisotopic (exact) mass is 348 g/mol. The largest absolute Gasteiger partial charge is 0.397 e. The van der Waals surface area contributed by atoms with E-state index in [0.29, 0.717) is 24.5 Å². The Morgan fingerprint density at radius 1 is 1.29 bits per heavy atom. The number of carbonyl (C=O) groups is 1. The van der Waals surface area contributed by atoms with E-state index in [0.717, 1.165) is 29.7 Å². The van der Waals surface area contributed by atoms with Crippen LogP contribution in [0.3, 0.4) is 0 Å². The quantitative estimate of drug-likeness (QED) is 0.814. The minimum atomic E-state index is -4.46. The van der Waals surface area contributed by atoms with Crippen LogP contribution in [0, 0.1) is 5.41 Å². The molecule has 0 aliphatic heterocycles. The van der Waals surface area contributed by atoms with Gasteiger partial charge in [-0.05, 0) is 59.2 Å². The van der Waals surface area contributed by atoms with Crippen molar-refractivity contribution in [3.8, 4) is 0 Å². The van der Waals surface area contributed by atoms with Crippen molar-refractivity contribution >= 4 is 28.3 Å². The number of hydrogen-bond donors (Lipinski definition) is 1. The Bertz CT molecular complexity index is 946. The molecular formula is C18H20O5S. The van der Waals surface area contributed by atoms with Crippen molar-refractivity contribution in [2.45, 2.75) is 51.0 Å². The van der Waals surface area contributed by atoms with Crippen molar-refractivity contribution in [3.63, 3.8) is 0 Å². The Morgan fingerprint density at radius 2 is 2.08 bits per heavy atom. The first-order valence-corrected chi connectivity index (χ1v) is 9.67. The molecular weight excluding hydrogens is 328 g/mol. The molecule has 3 aliphatic rings. The lowest BCUT2D eigenvalue weighted by molar-refractivity contribution is -0.126. The number of fused-ring (bicyclic) bond motifs is 5. The molecule has 0 amide bonds. The van der Waals surface area contributed by atoms with Gasteiger partial charge < -0.3 is 0 Å². The Kier molecular flexibility index (Phi) is 3.50. The molecule has 1 N–H and O–H groups in total. The Balaban J connectivity index is 1.79. The van der Waals surface area contributed by atoms with Crippen LogP contribution in [0.1, 0.15) is 49.7 Å². The van der Waals surface area contributed by atoms with Gasteiger partial charge in [0.15, 0.2) is 0 Å². The fourth-order valence-electron chi connectivity index (χ4n) is 4.69. The summed E-state index contributed by atoms with van der Waals surface area (Å²) in [5, 5.41) is 2.06. The molecule has 128 valence electrons. The molecule has 1 fully saturated rings. The predicted octanol–water partition coefficient (Wildman–Crippen LogP) is 1.24. The van der Waals surface area contributed by atoms with Crippen molar-refractivity contribution in [1.29, 1.82) is 0 Å². The van der Waals surface area contributed by atoms with E-state index in [2.05, 4.69) is 17.2 Å². The van der Waals surface area contributed by atoms with Crippen LogP contribution in [-0.4, -0.2) is 24.9 Å². The lowest BCUT2D eigenvalue weighted by Crippen LogP contribution is -2.41. The summed E-state index contributed by atoms with van der Waals surface area (Å²) in [4.78, 5) is 12.3. The number of ketones is 1. The average Bonchev–Trinajstić information content (AvgIpc) is 2.81. The summed E-state index contributed by atoms with van der Waals surface area (Å²) in [6.07, 6.45) is 6.79. The summed E-state index contributed by atoms with van der Waals surface area (Å²) in [7, 11) is -4.46. The smallest absolute Gasteiger partial charge is 0.299 e. The molecule has 1 aromatic rings. The van der Waals surface area contributed by atoms with Crippen molar-refractivity contribution in [2.24, 2.45) is 5.41 Å². The van der Waals surface area contributed by atoms with Crippen molar-refractivity contribution in [3.05, 3.63) is 33.7 Å². The van der Waals surface area contributed by atoms with E-state index in [1.165, 1.54) is 11.1 Å². The van der Waals surface area contributed by atoms with Crippen LogP contribution < -0.4 is 10.4 Å². The first-order valence-electron chi connectivity index (χ1n) is 8.31. The van der Waals surface area contributed by atoms with E-state index in [1.807, 2.05) is 12.1 Å². The summed E-state index contributed by atoms with van der Waals surface area (Å²) in [6, 6.07) is 4.05. The molecule has 0 spiro atoms. The Hall–Kier alpha value is -1.50. The maximum Gasteiger partial charge on any atom is 0.397 e. The van der Waals surface area contributed by atoms with Crippen LogP contribution in [0.5, 0.6) is 0 Å². The summed E-state index contributed by atoms with van der Waals surface area (Å²) in [5.74, 6) is 0.673. The predicted molar refractivity (Wildman–Crippen MR) is 89.1 cm³/mol. The van der Waals surface area contributed by atoms with Crippen LogP contribution in [-0.2, 0) is 25.8 Å². The van der Waals surface area contributed by atoms with Crippen LogP contribution in [0.2, 0.25) is 0 Å². The van der Waals surface area contributed by atoms with Gasteiger partial charge in [0.05, 0.1) is 0 Å². The highest BCUT2D eigenvalue weighted by Crippen LogP contribution is 2.52. The first-order chi connectivity index (χ1) is 11.3. The average molecular weight is 348 g/mol. The third-order valence-electron chi connectivity index (χ3n) is 5.93. The molecule has 24 heavy (non-hydrogen) atoms. The molecule has 1 saturated carbocycles. The van der Waals surface area contributed by atoms with Gasteiger partial charge in [-0.2, -0.15) is 8.42 Å². The van der Waals surface area contributed by atoms with Gasteiger partial charge in [0.2, 0.25) is 0 Å². The molecule has 0 bridgehead atoms.